The number of benzene rings is 2. The van der Waals surface area contributed by atoms with Gasteiger partial charge in [-0.2, -0.15) is 9.78 Å². The van der Waals surface area contributed by atoms with Crippen LogP contribution in [0.4, 0.5) is 10.5 Å². The van der Waals surface area contributed by atoms with Crippen molar-refractivity contribution in [1.29, 1.82) is 0 Å². The highest BCUT2D eigenvalue weighted by atomic mass is 35.5. The highest BCUT2D eigenvalue weighted by Crippen LogP contribution is 2.38. The standard InChI is InChI=1S/C26H26Cl2N4O3/c27-20-9-5-15(11-21(20)28)14-29-26(35)32-23(16-3-1-2-4-16)13-22(31-32)19-12-18(8-10-24(19)33)30-25(34)17-6-7-17/h5,8-13,16-17,33H,1-4,6-7,14H2,(H,29,35)(H,30,34). The molecule has 2 saturated carbocycles. The monoisotopic (exact) mass is 512 g/mol. The Morgan fingerprint density at radius 2 is 1.77 bits per heavy atom. The molecule has 2 amide bonds. The number of carbonyl (C=O) groups is 2. The molecule has 0 radical (unpaired) electrons. The maximum atomic E-state index is 13.2. The molecule has 0 bridgehead atoms. The van der Waals surface area contributed by atoms with Crippen LogP contribution in [-0.2, 0) is 11.3 Å². The van der Waals surface area contributed by atoms with Crippen molar-refractivity contribution in [3.05, 3.63) is 63.8 Å². The minimum absolute atomic E-state index is 0.0134. The molecule has 1 aromatic heterocycles. The lowest BCUT2D eigenvalue weighted by Crippen LogP contribution is -2.30. The van der Waals surface area contributed by atoms with Crippen LogP contribution in [0, 0.1) is 5.92 Å². The van der Waals surface area contributed by atoms with Crippen LogP contribution in [0.2, 0.25) is 10.0 Å². The largest absolute Gasteiger partial charge is 0.507 e. The Morgan fingerprint density at radius 3 is 2.49 bits per heavy atom. The van der Waals surface area contributed by atoms with Gasteiger partial charge in [0, 0.05) is 29.6 Å². The number of amides is 2. The van der Waals surface area contributed by atoms with E-state index in [1.807, 2.05) is 6.07 Å². The van der Waals surface area contributed by atoms with Crippen LogP contribution in [0.1, 0.15) is 55.7 Å². The van der Waals surface area contributed by atoms with Crippen LogP contribution >= 0.6 is 23.2 Å². The number of phenolic OH excluding ortho intramolecular Hbond substituents is 1. The number of anilines is 1. The third-order valence-electron chi connectivity index (χ3n) is 6.62. The summed E-state index contributed by atoms with van der Waals surface area (Å²) in [5.41, 5.74) is 3.18. The van der Waals surface area contributed by atoms with Gasteiger partial charge >= 0.3 is 6.03 Å². The molecule has 2 aromatic carbocycles. The first-order chi connectivity index (χ1) is 16.9. The highest BCUT2D eigenvalue weighted by Gasteiger charge is 2.30. The van der Waals surface area contributed by atoms with Gasteiger partial charge in [-0.1, -0.05) is 42.1 Å². The topological polar surface area (TPSA) is 96.2 Å². The van der Waals surface area contributed by atoms with Crippen molar-refractivity contribution in [2.75, 3.05) is 5.32 Å². The summed E-state index contributed by atoms with van der Waals surface area (Å²) in [7, 11) is 0. The number of rotatable bonds is 6. The molecule has 35 heavy (non-hydrogen) atoms. The lowest BCUT2D eigenvalue weighted by atomic mass is 10.0. The van der Waals surface area contributed by atoms with E-state index in [0.717, 1.165) is 49.8 Å². The van der Waals surface area contributed by atoms with Gasteiger partial charge in [0.2, 0.25) is 5.91 Å². The van der Waals surface area contributed by atoms with Crippen molar-refractivity contribution < 1.29 is 14.7 Å². The number of hydrogen-bond donors (Lipinski definition) is 3. The lowest BCUT2D eigenvalue weighted by Gasteiger charge is -2.12. The van der Waals surface area contributed by atoms with Gasteiger partial charge in [-0.05, 0) is 67.6 Å². The van der Waals surface area contributed by atoms with E-state index in [1.54, 1.807) is 30.3 Å². The SMILES string of the molecule is O=C(Nc1ccc(O)c(-c2cc(C3CCCC3)n(C(=O)NCc3ccc(Cl)c(Cl)c3)n2)c1)C1CC1. The lowest BCUT2D eigenvalue weighted by molar-refractivity contribution is -0.117. The van der Waals surface area contributed by atoms with Crippen molar-refractivity contribution in [3.8, 4) is 17.0 Å². The number of aromatic hydroxyl groups is 1. The van der Waals surface area contributed by atoms with Gasteiger partial charge in [0.05, 0.1) is 21.4 Å². The second-order valence-corrected chi connectivity index (χ2v) is 10.1. The Kier molecular flexibility index (Phi) is 6.71. The normalized spacial score (nSPS) is 15.8. The first kappa shape index (κ1) is 23.7. The molecule has 0 spiro atoms. The molecule has 5 rings (SSSR count). The molecular formula is C26H26Cl2N4O3. The van der Waals surface area contributed by atoms with Crippen molar-refractivity contribution in [2.24, 2.45) is 5.92 Å². The van der Waals surface area contributed by atoms with E-state index in [1.165, 1.54) is 10.7 Å². The maximum Gasteiger partial charge on any atom is 0.342 e. The molecule has 0 unspecified atom stereocenters. The molecule has 3 aromatic rings. The molecule has 9 heteroatoms. The Hall–Kier alpha value is -3.03. The van der Waals surface area contributed by atoms with E-state index in [-0.39, 0.29) is 36.1 Å². The first-order valence-corrected chi connectivity index (χ1v) is 12.6. The molecule has 7 nitrogen and oxygen atoms in total. The van der Waals surface area contributed by atoms with Crippen molar-refractivity contribution in [1.82, 2.24) is 15.1 Å². The molecule has 2 fully saturated rings. The van der Waals surface area contributed by atoms with E-state index < -0.39 is 0 Å². The first-order valence-electron chi connectivity index (χ1n) is 11.9. The molecule has 2 aliphatic rings. The quantitative estimate of drug-likeness (QED) is 0.336. The summed E-state index contributed by atoms with van der Waals surface area (Å²) in [6.07, 6.45) is 5.98. The van der Waals surface area contributed by atoms with E-state index in [9.17, 15) is 14.7 Å². The molecule has 182 valence electrons. The average Bonchev–Trinajstić information content (AvgIpc) is 3.37. The van der Waals surface area contributed by atoms with E-state index in [2.05, 4.69) is 15.7 Å². The third-order valence-corrected chi connectivity index (χ3v) is 7.36. The summed E-state index contributed by atoms with van der Waals surface area (Å²) in [5, 5.41) is 21.8. The second-order valence-electron chi connectivity index (χ2n) is 9.25. The fraction of sp³-hybridized carbons (Fsp3) is 0.346. The smallest absolute Gasteiger partial charge is 0.342 e. The van der Waals surface area contributed by atoms with Crippen LogP contribution < -0.4 is 10.6 Å². The number of carbonyl (C=O) groups excluding carboxylic acids is 2. The fourth-order valence-electron chi connectivity index (χ4n) is 4.51. The van der Waals surface area contributed by atoms with Crippen molar-refractivity contribution in [3.63, 3.8) is 0 Å². The van der Waals surface area contributed by atoms with Gasteiger partial charge in [-0.3, -0.25) is 4.79 Å². The summed E-state index contributed by atoms with van der Waals surface area (Å²) in [6.45, 7) is 0.267. The predicted octanol–water partition coefficient (Wildman–Crippen LogP) is 6.33. The Balaban J connectivity index is 1.42. The Labute approximate surface area is 213 Å². The molecule has 0 atom stereocenters. The highest BCUT2D eigenvalue weighted by molar-refractivity contribution is 6.42. The molecule has 3 N–H and O–H groups in total. The van der Waals surface area contributed by atoms with Crippen LogP contribution in [0.5, 0.6) is 5.75 Å². The summed E-state index contributed by atoms with van der Waals surface area (Å²) in [4.78, 5) is 25.4. The van der Waals surface area contributed by atoms with Crippen LogP contribution in [0.15, 0.2) is 42.5 Å². The molecule has 0 saturated heterocycles. The summed E-state index contributed by atoms with van der Waals surface area (Å²) < 4.78 is 1.40. The van der Waals surface area contributed by atoms with Crippen molar-refractivity contribution >= 4 is 40.8 Å². The van der Waals surface area contributed by atoms with Gasteiger partial charge in [-0.15, -0.1) is 0 Å². The molecule has 0 aliphatic heterocycles. The predicted molar refractivity (Wildman–Crippen MR) is 136 cm³/mol. The van der Waals surface area contributed by atoms with Crippen LogP contribution in [0.25, 0.3) is 11.3 Å². The number of aromatic nitrogens is 2. The Morgan fingerprint density at radius 1 is 1.00 bits per heavy atom. The van der Waals surface area contributed by atoms with Gasteiger partial charge in [0.15, 0.2) is 0 Å². The number of nitrogens with zero attached hydrogens (tertiary/aromatic N) is 2. The minimum Gasteiger partial charge on any atom is -0.507 e. The third kappa shape index (κ3) is 5.31. The number of hydrogen-bond acceptors (Lipinski definition) is 4. The van der Waals surface area contributed by atoms with Crippen LogP contribution in [-0.4, -0.2) is 26.8 Å². The van der Waals surface area contributed by atoms with E-state index in [4.69, 9.17) is 23.2 Å². The summed E-state index contributed by atoms with van der Waals surface area (Å²) in [6, 6.07) is 11.6. The van der Waals surface area contributed by atoms with E-state index >= 15 is 0 Å². The molecular weight excluding hydrogens is 487 g/mol. The van der Waals surface area contributed by atoms with Gasteiger partial charge in [0.25, 0.3) is 0 Å². The van der Waals surface area contributed by atoms with Gasteiger partial charge in [-0.25, -0.2) is 4.79 Å². The van der Waals surface area contributed by atoms with E-state index in [0.29, 0.717) is 27.0 Å². The van der Waals surface area contributed by atoms with Gasteiger partial charge in [0.1, 0.15) is 5.75 Å². The zero-order chi connectivity index (χ0) is 24.5. The fourth-order valence-corrected chi connectivity index (χ4v) is 4.83. The zero-order valence-electron chi connectivity index (χ0n) is 19.1. The second kappa shape index (κ2) is 9.91. The van der Waals surface area contributed by atoms with Gasteiger partial charge < -0.3 is 15.7 Å². The molecule has 2 aliphatic carbocycles. The maximum absolute atomic E-state index is 13.2. The Bertz CT molecular complexity index is 1280. The molecule has 1 heterocycles. The summed E-state index contributed by atoms with van der Waals surface area (Å²) in [5.74, 6) is 0.306. The van der Waals surface area contributed by atoms with Crippen molar-refractivity contribution in [2.45, 2.75) is 51.0 Å². The van der Waals surface area contributed by atoms with Crippen LogP contribution in [0.3, 0.4) is 0 Å². The minimum atomic E-state index is -0.359. The number of phenols is 1. The summed E-state index contributed by atoms with van der Waals surface area (Å²) >= 11 is 12.1. The average molecular weight is 513 g/mol. The zero-order valence-corrected chi connectivity index (χ0v) is 20.6. The number of halogens is 2. The number of nitrogens with one attached hydrogen (secondary N) is 2.